The van der Waals surface area contributed by atoms with Crippen molar-refractivity contribution in [2.45, 2.75) is 16.7 Å². The fourth-order valence-corrected chi connectivity index (χ4v) is 3.24. The van der Waals surface area contributed by atoms with Gasteiger partial charge in [0.1, 0.15) is 18.7 Å². The fourth-order valence-electron chi connectivity index (χ4n) is 2.39. The lowest BCUT2D eigenvalue weighted by Gasteiger charge is -2.09. The van der Waals surface area contributed by atoms with E-state index in [0.29, 0.717) is 21.4 Å². The molecule has 10 heteroatoms. The molecule has 0 aliphatic heterocycles. The highest BCUT2D eigenvalue weighted by Gasteiger charge is 2.21. The predicted molar refractivity (Wildman–Crippen MR) is 100 cm³/mol. The van der Waals surface area contributed by atoms with Crippen molar-refractivity contribution >= 4 is 23.4 Å². The van der Waals surface area contributed by atoms with E-state index >= 15 is 0 Å². The molecular formula is C18H16N4O5S. The molecule has 0 amide bonds. The third kappa shape index (κ3) is 4.29. The van der Waals surface area contributed by atoms with Gasteiger partial charge in [0.2, 0.25) is 0 Å². The Kier molecular flexibility index (Phi) is 5.90. The molecule has 1 aromatic heterocycles. The predicted octanol–water partition coefficient (Wildman–Crippen LogP) is 3.24. The van der Waals surface area contributed by atoms with Crippen molar-refractivity contribution in [2.24, 2.45) is 7.05 Å². The van der Waals surface area contributed by atoms with Crippen molar-refractivity contribution in [1.29, 1.82) is 0 Å². The summed E-state index contributed by atoms with van der Waals surface area (Å²) in [6.45, 7) is -0.00785. The van der Waals surface area contributed by atoms with Crippen LogP contribution in [0.1, 0.15) is 15.9 Å². The molecule has 0 fully saturated rings. The second kappa shape index (κ2) is 8.53. The zero-order valence-electron chi connectivity index (χ0n) is 15.1. The molecule has 0 bridgehead atoms. The molecule has 2 aromatic carbocycles. The molecule has 0 radical (unpaired) electrons. The molecule has 144 valence electrons. The Morgan fingerprint density at radius 2 is 2.07 bits per heavy atom. The van der Waals surface area contributed by atoms with Crippen molar-refractivity contribution in [3.63, 3.8) is 0 Å². The molecule has 0 aliphatic rings. The number of nitrogens with zero attached hydrogens (tertiary/aromatic N) is 4. The van der Waals surface area contributed by atoms with Gasteiger partial charge in [0.05, 0.1) is 22.5 Å². The van der Waals surface area contributed by atoms with Crippen molar-refractivity contribution in [2.75, 3.05) is 7.11 Å². The van der Waals surface area contributed by atoms with Crippen LogP contribution in [0.4, 0.5) is 5.69 Å². The molecule has 3 aromatic rings. The van der Waals surface area contributed by atoms with Crippen LogP contribution in [-0.4, -0.2) is 32.8 Å². The van der Waals surface area contributed by atoms with E-state index in [-0.39, 0.29) is 17.9 Å². The maximum absolute atomic E-state index is 12.4. The van der Waals surface area contributed by atoms with Crippen LogP contribution < -0.4 is 4.74 Å². The number of nitro groups is 1. The van der Waals surface area contributed by atoms with Crippen LogP contribution in [0, 0.1) is 10.1 Å². The van der Waals surface area contributed by atoms with E-state index in [1.165, 1.54) is 31.6 Å². The summed E-state index contributed by atoms with van der Waals surface area (Å²) < 4.78 is 12.1. The molecule has 0 unspecified atom stereocenters. The molecule has 0 N–H and O–H groups in total. The molecular weight excluding hydrogens is 384 g/mol. The smallest absolute Gasteiger partial charge is 0.338 e. The maximum Gasteiger partial charge on any atom is 0.338 e. The molecule has 0 aliphatic carbocycles. The third-order valence-electron chi connectivity index (χ3n) is 3.81. The summed E-state index contributed by atoms with van der Waals surface area (Å²) in [6, 6.07) is 11.3. The summed E-state index contributed by atoms with van der Waals surface area (Å²) >= 11 is 1.09. The Morgan fingerprint density at radius 1 is 1.29 bits per heavy atom. The van der Waals surface area contributed by atoms with E-state index in [4.69, 9.17) is 9.47 Å². The molecule has 3 rings (SSSR count). The van der Waals surface area contributed by atoms with E-state index in [1.807, 2.05) is 0 Å². The summed E-state index contributed by atoms with van der Waals surface area (Å²) in [4.78, 5) is 23.6. The van der Waals surface area contributed by atoms with Gasteiger partial charge in [0, 0.05) is 18.7 Å². The minimum absolute atomic E-state index is 0.00785. The summed E-state index contributed by atoms with van der Waals surface area (Å²) in [5.41, 5.74) is 0.575. The van der Waals surface area contributed by atoms with Gasteiger partial charge in [-0.25, -0.2) is 4.79 Å². The first-order valence-electron chi connectivity index (χ1n) is 8.09. The first kappa shape index (κ1) is 19.4. The third-order valence-corrected chi connectivity index (χ3v) is 4.93. The minimum Gasteiger partial charge on any atom is -0.496 e. The molecule has 9 nitrogen and oxygen atoms in total. The number of carbonyl (C=O) groups excluding carboxylic acids is 1. The Balaban J connectivity index is 1.78. The number of benzene rings is 2. The number of para-hydroxylation sites is 1. The zero-order chi connectivity index (χ0) is 20.1. The number of ether oxygens (including phenoxy) is 2. The van der Waals surface area contributed by atoms with E-state index in [0.717, 1.165) is 11.8 Å². The lowest BCUT2D eigenvalue weighted by Crippen LogP contribution is -2.07. The lowest BCUT2D eigenvalue weighted by molar-refractivity contribution is -0.387. The van der Waals surface area contributed by atoms with Crippen LogP contribution in [0.3, 0.4) is 0 Å². The number of aryl methyl sites for hydroxylation is 1. The first-order chi connectivity index (χ1) is 13.5. The number of hydrogen-bond donors (Lipinski definition) is 0. The van der Waals surface area contributed by atoms with Crippen LogP contribution in [0.15, 0.2) is 58.8 Å². The van der Waals surface area contributed by atoms with Gasteiger partial charge in [-0.3, -0.25) is 10.1 Å². The Bertz CT molecular complexity index is 1020. The van der Waals surface area contributed by atoms with E-state index < -0.39 is 10.9 Å². The Morgan fingerprint density at radius 3 is 2.75 bits per heavy atom. The highest BCUT2D eigenvalue weighted by atomic mass is 32.2. The number of esters is 1. The molecule has 1 heterocycles. The van der Waals surface area contributed by atoms with Crippen molar-refractivity contribution < 1.29 is 19.2 Å². The SMILES string of the molecule is COc1ccccc1COC(=O)c1ccc(Sc2nncn2C)c([N+](=O)[O-])c1. The van der Waals surface area contributed by atoms with Crippen molar-refractivity contribution in [3.05, 3.63) is 70.0 Å². The second-order valence-electron chi connectivity index (χ2n) is 5.65. The summed E-state index contributed by atoms with van der Waals surface area (Å²) in [6.07, 6.45) is 1.50. The van der Waals surface area contributed by atoms with E-state index in [1.54, 1.807) is 35.9 Å². The zero-order valence-corrected chi connectivity index (χ0v) is 15.9. The quantitative estimate of drug-likeness (QED) is 0.338. The summed E-state index contributed by atoms with van der Waals surface area (Å²) in [5.74, 6) is -0.0686. The Labute approximate surface area is 164 Å². The fraction of sp³-hybridized carbons (Fsp3) is 0.167. The average molecular weight is 400 g/mol. The number of aromatic nitrogens is 3. The number of methoxy groups -OCH3 is 1. The highest BCUT2D eigenvalue weighted by molar-refractivity contribution is 7.99. The van der Waals surface area contributed by atoms with Crippen LogP contribution in [0.5, 0.6) is 5.75 Å². The molecule has 0 spiro atoms. The van der Waals surface area contributed by atoms with Gasteiger partial charge < -0.3 is 14.0 Å². The molecule has 0 saturated carbocycles. The largest absolute Gasteiger partial charge is 0.496 e. The molecule has 28 heavy (non-hydrogen) atoms. The van der Waals surface area contributed by atoms with Gasteiger partial charge in [-0.1, -0.05) is 18.2 Å². The van der Waals surface area contributed by atoms with Gasteiger partial charge in [0.15, 0.2) is 5.16 Å². The maximum atomic E-state index is 12.4. The van der Waals surface area contributed by atoms with Gasteiger partial charge in [-0.2, -0.15) is 0 Å². The van der Waals surface area contributed by atoms with E-state index in [9.17, 15) is 14.9 Å². The number of carbonyl (C=O) groups is 1. The van der Waals surface area contributed by atoms with Gasteiger partial charge in [-0.15, -0.1) is 10.2 Å². The van der Waals surface area contributed by atoms with Gasteiger partial charge in [0.25, 0.3) is 5.69 Å². The second-order valence-corrected chi connectivity index (χ2v) is 6.66. The average Bonchev–Trinajstić information content (AvgIpc) is 3.11. The summed E-state index contributed by atoms with van der Waals surface area (Å²) in [5, 5.41) is 19.6. The van der Waals surface area contributed by atoms with Crippen LogP contribution in [0.2, 0.25) is 0 Å². The van der Waals surface area contributed by atoms with Gasteiger partial charge in [-0.05, 0) is 30.0 Å². The molecule has 0 saturated heterocycles. The Hall–Kier alpha value is -3.40. The first-order valence-corrected chi connectivity index (χ1v) is 8.90. The normalized spacial score (nSPS) is 10.5. The van der Waals surface area contributed by atoms with Crippen LogP contribution in [0.25, 0.3) is 0 Å². The van der Waals surface area contributed by atoms with Crippen molar-refractivity contribution in [3.8, 4) is 5.75 Å². The van der Waals surface area contributed by atoms with E-state index in [2.05, 4.69) is 10.2 Å². The van der Waals surface area contributed by atoms with Crippen LogP contribution in [-0.2, 0) is 18.4 Å². The topological polar surface area (TPSA) is 109 Å². The summed E-state index contributed by atoms with van der Waals surface area (Å²) in [7, 11) is 3.26. The number of nitro benzene ring substituents is 1. The van der Waals surface area contributed by atoms with Crippen LogP contribution >= 0.6 is 11.8 Å². The lowest BCUT2D eigenvalue weighted by atomic mass is 10.2. The van der Waals surface area contributed by atoms with Crippen molar-refractivity contribution in [1.82, 2.24) is 14.8 Å². The standard InChI is InChI=1S/C18H16N4O5S/c1-21-11-19-20-18(21)28-16-8-7-12(9-14(16)22(24)25)17(23)27-10-13-5-3-4-6-15(13)26-2/h3-9,11H,10H2,1-2H3. The number of rotatable bonds is 7. The molecule has 0 atom stereocenters. The monoisotopic (exact) mass is 400 g/mol. The highest BCUT2D eigenvalue weighted by Crippen LogP contribution is 2.34. The minimum atomic E-state index is -0.663. The number of hydrogen-bond acceptors (Lipinski definition) is 8. The van der Waals surface area contributed by atoms with Gasteiger partial charge >= 0.3 is 5.97 Å².